The van der Waals surface area contributed by atoms with Crippen molar-refractivity contribution in [1.82, 2.24) is 4.90 Å². The van der Waals surface area contributed by atoms with Crippen molar-refractivity contribution in [2.24, 2.45) is 0 Å². The van der Waals surface area contributed by atoms with Crippen molar-refractivity contribution >= 4 is 22.0 Å². The van der Waals surface area contributed by atoms with Crippen molar-refractivity contribution in [3.8, 4) is 11.8 Å². The SMILES string of the molecule is COc1c(NCC(C)(C)N(C)C)sc(C#N)c1N. The first-order valence-corrected chi connectivity index (χ1v) is 6.42. The third-order valence-electron chi connectivity index (χ3n) is 3.10. The molecule has 1 aromatic heterocycles. The van der Waals surface area contributed by atoms with Crippen LogP contribution in [0.1, 0.15) is 18.7 Å². The molecule has 0 saturated carbocycles. The molecule has 0 aromatic carbocycles. The fourth-order valence-electron chi connectivity index (χ4n) is 1.29. The number of nitrogen functional groups attached to an aromatic ring is 1. The molecule has 1 rings (SSSR count). The highest BCUT2D eigenvalue weighted by atomic mass is 32.1. The lowest BCUT2D eigenvalue weighted by Crippen LogP contribution is -2.44. The van der Waals surface area contributed by atoms with E-state index in [-0.39, 0.29) is 5.54 Å². The van der Waals surface area contributed by atoms with E-state index < -0.39 is 0 Å². The zero-order valence-electron chi connectivity index (χ0n) is 11.5. The molecule has 0 saturated heterocycles. The molecule has 0 atom stereocenters. The monoisotopic (exact) mass is 268 g/mol. The zero-order valence-corrected chi connectivity index (χ0v) is 12.3. The van der Waals surface area contributed by atoms with Crippen LogP contribution in [0.2, 0.25) is 0 Å². The number of nitrogens with zero attached hydrogens (tertiary/aromatic N) is 2. The minimum atomic E-state index is -0.00340. The van der Waals surface area contributed by atoms with Gasteiger partial charge in [-0.3, -0.25) is 0 Å². The molecular formula is C12H20N4OS. The van der Waals surface area contributed by atoms with Crippen LogP contribution in [0.5, 0.6) is 5.75 Å². The van der Waals surface area contributed by atoms with Crippen LogP contribution in [0.3, 0.4) is 0 Å². The van der Waals surface area contributed by atoms with Crippen molar-refractivity contribution in [2.75, 3.05) is 38.8 Å². The Morgan fingerprint density at radius 1 is 1.50 bits per heavy atom. The number of nitriles is 1. The van der Waals surface area contributed by atoms with E-state index in [1.165, 1.54) is 11.3 Å². The number of hydrogen-bond donors (Lipinski definition) is 2. The number of rotatable bonds is 5. The lowest BCUT2D eigenvalue weighted by atomic mass is 10.0. The van der Waals surface area contributed by atoms with Gasteiger partial charge in [0.1, 0.15) is 21.6 Å². The first kappa shape index (κ1) is 14.6. The summed E-state index contributed by atoms with van der Waals surface area (Å²) >= 11 is 1.32. The number of anilines is 2. The highest BCUT2D eigenvalue weighted by molar-refractivity contribution is 7.17. The Labute approximate surface area is 112 Å². The Bertz CT molecular complexity index is 459. The Morgan fingerprint density at radius 2 is 2.11 bits per heavy atom. The summed E-state index contributed by atoms with van der Waals surface area (Å²) in [5, 5.41) is 13.1. The lowest BCUT2D eigenvalue weighted by molar-refractivity contribution is 0.210. The summed E-state index contributed by atoms with van der Waals surface area (Å²) in [6, 6.07) is 2.07. The molecule has 0 bridgehead atoms. The van der Waals surface area contributed by atoms with E-state index in [1.807, 2.05) is 14.1 Å². The van der Waals surface area contributed by atoms with Crippen LogP contribution in [0.4, 0.5) is 10.7 Å². The van der Waals surface area contributed by atoms with Gasteiger partial charge in [-0.15, -0.1) is 11.3 Å². The van der Waals surface area contributed by atoms with E-state index in [2.05, 4.69) is 30.1 Å². The molecule has 3 N–H and O–H groups in total. The van der Waals surface area contributed by atoms with Gasteiger partial charge >= 0.3 is 0 Å². The van der Waals surface area contributed by atoms with Crippen molar-refractivity contribution in [1.29, 1.82) is 5.26 Å². The molecule has 0 spiro atoms. The first-order valence-electron chi connectivity index (χ1n) is 5.61. The average Bonchev–Trinajstić information content (AvgIpc) is 2.62. The smallest absolute Gasteiger partial charge is 0.177 e. The second-order valence-corrected chi connectivity index (χ2v) is 5.90. The number of ether oxygens (including phenoxy) is 1. The quantitative estimate of drug-likeness (QED) is 0.854. The molecule has 0 amide bonds. The molecule has 0 radical (unpaired) electrons. The third-order valence-corrected chi connectivity index (χ3v) is 4.15. The van der Waals surface area contributed by atoms with Gasteiger partial charge in [0.2, 0.25) is 0 Å². The standard InChI is InChI=1S/C12H20N4OS/c1-12(2,16(3)4)7-15-11-10(17-5)9(14)8(6-13)18-11/h15H,7,14H2,1-5H3. The molecule has 0 unspecified atom stereocenters. The molecular weight excluding hydrogens is 248 g/mol. The number of methoxy groups -OCH3 is 1. The lowest BCUT2D eigenvalue weighted by Gasteiger charge is -2.32. The van der Waals surface area contributed by atoms with Gasteiger partial charge < -0.3 is 20.7 Å². The Kier molecular flexibility index (Phi) is 4.43. The van der Waals surface area contributed by atoms with E-state index in [4.69, 9.17) is 15.7 Å². The third kappa shape index (κ3) is 2.86. The summed E-state index contributed by atoms with van der Waals surface area (Å²) in [4.78, 5) is 2.62. The first-order chi connectivity index (χ1) is 8.33. The second kappa shape index (κ2) is 5.46. The van der Waals surface area contributed by atoms with Gasteiger partial charge in [-0.2, -0.15) is 5.26 Å². The van der Waals surface area contributed by atoms with E-state index in [0.717, 1.165) is 11.5 Å². The summed E-state index contributed by atoms with van der Waals surface area (Å²) < 4.78 is 5.24. The van der Waals surface area contributed by atoms with Crippen LogP contribution >= 0.6 is 11.3 Å². The van der Waals surface area contributed by atoms with E-state index in [0.29, 0.717) is 16.3 Å². The van der Waals surface area contributed by atoms with Gasteiger partial charge in [-0.1, -0.05) is 0 Å². The maximum Gasteiger partial charge on any atom is 0.177 e. The van der Waals surface area contributed by atoms with Crippen molar-refractivity contribution in [3.63, 3.8) is 0 Å². The molecule has 0 aliphatic heterocycles. The summed E-state index contributed by atoms with van der Waals surface area (Å²) in [7, 11) is 5.62. The minimum Gasteiger partial charge on any atom is -0.492 e. The zero-order chi connectivity index (χ0) is 13.9. The van der Waals surface area contributed by atoms with Crippen molar-refractivity contribution in [2.45, 2.75) is 19.4 Å². The van der Waals surface area contributed by atoms with Crippen molar-refractivity contribution < 1.29 is 4.74 Å². The fourth-order valence-corrected chi connectivity index (χ4v) is 2.17. The highest BCUT2D eigenvalue weighted by Crippen LogP contribution is 2.42. The number of nitrogens with one attached hydrogen (secondary N) is 1. The molecule has 0 aliphatic rings. The maximum atomic E-state index is 8.96. The molecule has 18 heavy (non-hydrogen) atoms. The largest absolute Gasteiger partial charge is 0.492 e. The van der Waals surface area contributed by atoms with E-state index in [9.17, 15) is 0 Å². The predicted octanol–water partition coefficient (Wildman–Crippen LogP) is 1.96. The molecule has 1 heterocycles. The Hall–Kier alpha value is -1.45. The van der Waals surface area contributed by atoms with Crippen LogP contribution in [-0.4, -0.2) is 38.2 Å². The van der Waals surface area contributed by atoms with Crippen LogP contribution in [0, 0.1) is 11.3 Å². The molecule has 0 fully saturated rings. The molecule has 1 aromatic rings. The predicted molar refractivity (Wildman–Crippen MR) is 76.3 cm³/mol. The number of likely N-dealkylation sites (N-methyl/N-ethyl adjacent to an activating group) is 1. The van der Waals surface area contributed by atoms with Crippen LogP contribution < -0.4 is 15.8 Å². The fraction of sp³-hybridized carbons (Fsp3) is 0.583. The van der Waals surface area contributed by atoms with E-state index in [1.54, 1.807) is 7.11 Å². The van der Waals surface area contributed by atoms with Gasteiger partial charge in [0.05, 0.1) is 7.11 Å². The van der Waals surface area contributed by atoms with E-state index >= 15 is 0 Å². The summed E-state index contributed by atoms with van der Waals surface area (Å²) in [5.41, 5.74) is 6.25. The molecule has 6 heteroatoms. The summed E-state index contributed by atoms with van der Waals surface area (Å²) in [5.74, 6) is 0.561. The normalized spacial score (nSPS) is 11.4. The van der Waals surface area contributed by atoms with Crippen LogP contribution in [-0.2, 0) is 0 Å². The topological polar surface area (TPSA) is 74.3 Å². The van der Waals surface area contributed by atoms with Gasteiger partial charge in [0, 0.05) is 12.1 Å². The van der Waals surface area contributed by atoms with Gasteiger partial charge in [0.15, 0.2) is 5.75 Å². The number of nitrogens with two attached hydrogens (primary N) is 1. The highest BCUT2D eigenvalue weighted by Gasteiger charge is 2.23. The second-order valence-electron chi connectivity index (χ2n) is 4.88. The van der Waals surface area contributed by atoms with Crippen LogP contribution in [0.25, 0.3) is 0 Å². The molecule has 5 nitrogen and oxygen atoms in total. The van der Waals surface area contributed by atoms with Gasteiger partial charge in [0.25, 0.3) is 0 Å². The van der Waals surface area contributed by atoms with Gasteiger partial charge in [-0.25, -0.2) is 0 Å². The number of thiophene rings is 1. The Balaban J connectivity index is 2.89. The summed E-state index contributed by atoms with van der Waals surface area (Å²) in [6.45, 7) is 5.00. The minimum absolute atomic E-state index is 0.00340. The van der Waals surface area contributed by atoms with Crippen molar-refractivity contribution in [3.05, 3.63) is 4.88 Å². The molecule has 0 aliphatic carbocycles. The summed E-state index contributed by atoms with van der Waals surface area (Å²) in [6.07, 6.45) is 0. The van der Waals surface area contributed by atoms with Crippen LogP contribution in [0.15, 0.2) is 0 Å². The van der Waals surface area contributed by atoms with Gasteiger partial charge in [-0.05, 0) is 27.9 Å². The Morgan fingerprint density at radius 3 is 2.56 bits per heavy atom. The molecule has 100 valence electrons. The maximum absolute atomic E-state index is 8.96. The average molecular weight is 268 g/mol. The number of hydrogen-bond acceptors (Lipinski definition) is 6.